The Hall–Kier alpha value is -3.19. The van der Waals surface area contributed by atoms with Crippen LogP contribution in [0.15, 0.2) is 72.3 Å². The van der Waals surface area contributed by atoms with E-state index in [1.807, 2.05) is 30.3 Å². The number of benzene rings is 3. The van der Waals surface area contributed by atoms with Crippen molar-refractivity contribution in [2.75, 3.05) is 12.0 Å². The number of para-hydroxylation sites is 1. The highest BCUT2D eigenvalue weighted by molar-refractivity contribution is 7.80. The van der Waals surface area contributed by atoms with E-state index in [-0.39, 0.29) is 10.7 Å². The van der Waals surface area contributed by atoms with Crippen molar-refractivity contribution in [1.29, 1.82) is 0 Å². The molecular weight excluding hydrogens is 479 g/mol. The molecule has 0 spiro atoms. The van der Waals surface area contributed by atoms with Crippen molar-refractivity contribution in [3.8, 4) is 5.75 Å². The fourth-order valence-corrected chi connectivity index (χ4v) is 4.31. The van der Waals surface area contributed by atoms with Gasteiger partial charge >= 0.3 is 0 Å². The second-order valence-corrected chi connectivity index (χ2v) is 8.45. The minimum Gasteiger partial charge on any atom is -0.496 e. The van der Waals surface area contributed by atoms with Gasteiger partial charge in [-0.2, -0.15) is 0 Å². The molecule has 3 aromatic carbocycles. The summed E-state index contributed by atoms with van der Waals surface area (Å²) in [6.07, 6.45) is 1.94. The van der Waals surface area contributed by atoms with Gasteiger partial charge in [-0.25, -0.2) is 0 Å². The number of rotatable bonds is 5. The highest BCUT2D eigenvalue weighted by Crippen LogP contribution is 2.33. The van der Waals surface area contributed by atoms with Crippen LogP contribution in [0.4, 0.5) is 5.69 Å². The molecule has 166 valence electrons. The maximum Gasteiger partial charge on any atom is 0.270 e. The number of carbonyl (C=O) groups is 2. The highest BCUT2D eigenvalue weighted by Gasteiger charge is 2.34. The lowest BCUT2D eigenvalue weighted by atomic mass is 10.0. The second-order valence-electron chi connectivity index (χ2n) is 7.25. The molecular formula is C25H18Cl2N2O3S. The molecule has 0 bridgehead atoms. The van der Waals surface area contributed by atoms with Crippen LogP contribution >= 0.6 is 35.4 Å². The van der Waals surface area contributed by atoms with E-state index < -0.39 is 11.8 Å². The Labute approximate surface area is 206 Å². The zero-order chi connectivity index (χ0) is 23.5. The third-order valence-corrected chi connectivity index (χ3v) is 6.14. The van der Waals surface area contributed by atoms with Crippen molar-refractivity contribution in [2.24, 2.45) is 0 Å². The molecule has 0 radical (unpaired) electrons. The molecule has 1 aliphatic rings. The Morgan fingerprint density at radius 2 is 1.70 bits per heavy atom. The molecule has 1 fully saturated rings. The lowest BCUT2D eigenvalue weighted by molar-refractivity contribution is -0.122. The van der Waals surface area contributed by atoms with E-state index in [0.717, 1.165) is 11.1 Å². The van der Waals surface area contributed by atoms with Crippen molar-refractivity contribution < 1.29 is 14.3 Å². The summed E-state index contributed by atoms with van der Waals surface area (Å²) in [6, 6.07) is 19.8. The van der Waals surface area contributed by atoms with Gasteiger partial charge in [-0.1, -0.05) is 59.6 Å². The van der Waals surface area contributed by atoms with Crippen molar-refractivity contribution in [3.05, 3.63) is 99.0 Å². The minimum absolute atomic E-state index is 0.0269. The Balaban J connectivity index is 1.71. The van der Waals surface area contributed by atoms with Crippen LogP contribution in [0.5, 0.6) is 5.75 Å². The molecule has 5 nitrogen and oxygen atoms in total. The summed E-state index contributed by atoms with van der Waals surface area (Å²) < 4.78 is 5.56. The molecule has 2 amide bonds. The Morgan fingerprint density at radius 3 is 2.39 bits per heavy atom. The van der Waals surface area contributed by atoms with Crippen LogP contribution in [0.25, 0.3) is 6.08 Å². The van der Waals surface area contributed by atoms with Crippen LogP contribution in [0.3, 0.4) is 0 Å². The first-order valence-electron chi connectivity index (χ1n) is 9.95. The summed E-state index contributed by atoms with van der Waals surface area (Å²) in [4.78, 5) is 27.0. The topological polar surface area (TPSA) is 58.6 Å². The molecule has 1 aliphatic heterocycles. The van der Waals surface area contributed by atoms with Crippen molar-refractivity contribution in [3.63, 3.8) is 0 Å². The Kier molecular flexibility index (Phi) is 6.79. The number of ether oxygens (including phenoxy) is 1. The molecule has 0 unspecified atom stereocenters. The van der Waals surface area contributed by atoms with E-state index in [0.29, 0.717) is 33.5 Å². The van der Waals surface area contributed by atoms with E-state index in [1.54, 1.807) is 36.4 Å². The molecule has 3 aromatic rings. The van der Waals surface area contributed by atoms with Gasteiger partial charge in [0.25, 0.3) is 11.8 Å². The zero-order valence-electron chi connectivity index (χ0n) is 17.5. The largest absolute Gasteiger partial charge is 0.496 e. The fourth-order valence-electron chi connectivity index (χ4n) is 3.54. The van der Waals surface area contributed by atoms with Gasteiger partial charge in [0.1, 0.15) is 11.3 Å². The van der Waals surface area contributed by atoms with Crippen molar-refractivity contribution in [2.45, 2.75) is 6.42 Å². The molecule has 4 rings (SSSR count). The predicted octanol–water partition coefficient (Wildman–Crippen LogP) is 5.42. The molecule has 0 aliphatic carbocycles. The zero-order valence-corrected chi connectivity index (χ0v) is 19.8. The van der Waals surface area contributed by atoms with Crippen LogP contribution < -0.4 is 15.0 Å². The number of amides is 2. The molecule has 1 heterocycles. The van der Waals surface area contributed by atoms with Crippen LogP contribution in [0, 0.1) is 0 Å². The third-order valence-electron chi connectivity index (χ3n) is 5.15. The summed E-state index contributed by atoms with van der Waals surface area (Å²) in [5, 5.41) is 3.66. The van der Waals surface area contributed by atoms with Crippen molar-refractivity contribution in [1.82, 2.24) is 5.32 Å². The lowest BCUT2D eigenvalue weighted by Crippen LogP contribution is -2.54. The number of nitrogens with zero attached hydrogens (tertiary/aromatic N) is 1. The smallest absolute Gasteiger partial charge is 0.270 e. The van der Waals surface area contributed by atoms with Gasteiger partial charge in [0.15, 0.2) is 5.11 Å². The number of methoxy groups -OCH3 is 1. The standard InChI is InChI=1S/C25H18Cl2N2O3S/c1-32-22-13-15(12-21(27)18(22)14-16-7-5-6-10-20(16)26)11-19-23(30)28-25(33)29(24(19)31)17-8-3-2-4-9-17/h2-13H,14H2,1H3,(H,28,30,33)/b19-11-. The van der Waals surface area contributed by atoms with E-state index >= 15 is 0 Å². The summed E-state index contributed by atoms with van der Waals surface area (Å²) in [7, 11) is 1.53. The number of carbonyl (C=O) groups excluding carboxylic acids is 2. The van der Waals surface area contributed by atoms with Crippen LogP contribution in [-0.2, 0) is 16.0 Å². The summed E-state index contributed by atoms with van der Waals surface area (Å²) >= 11 is 18.1. The lowest BCUT2D eigenvalue weighted by Gasteiger charge is -2.28. The first-order valence-corrected chi connectivity index (χ1v) is 11.1. The minimum atomic E-state index is -0.576. The maximum atomic E-state index is 13.2. The number of nitrogens with one attached hydrogen (secondary N) is 1. The first kappa shape index (κ1) is 23.0. The van der Waals surface area contributed by atoms with E-state index in [4.69, 9.17) is 40.2 Å². The summed E-state index contributed by atoms with van der Waals surface area (Å²) in [5.41, 5.74) is 2.69. The van der Waals surface area contributed by atoms with E-state index in [1.165, 1.54) is 18.1 Å². The Bertz CT molecular complexity index is 1290. The van der Waals surface area contributed by atoms with Crippen LogP contribution in [0.2, 0.25) is 10.0 Å². The van der Waals surface area contributed by atoms with Crippen molar-refractivity contribution >= 4 is 64.1 Å². The van der Waals surface area contributed by atoms with Crippen LogP contribution in [-0.4, -0.2) is 24.0 Å². The number of halogens is 2. The molecule has 0 saturated carbocycles. The molecule has 1 N–H and O–H groups in total. The molecule has 0 atom stereocenters. The van der Waals surface area contributed by atoms with Gasteiger partial charge in [0.2, 0.25) is 0 Å². The number of anilines is 1. The van der Waals surface area contributed by atoms with Gasteiger partial charge in [-0.05, 0) is 59.8 Å². The second kappa shape index (κ2) is 9.75. The van der Waals surface area contributed by atoms with Gasteiger partial charge < -0.3 is 4.74 Å². The van der Waals surface area contributed by atoms with Gasteiger partial charge in [0, 0.05) is 22.0 Å². The fraction of sp³-hybridized carbons (Fsp3) is 0.0800. The van der Waals surface area contributed by atoms with Crippen LogP contribution in [0.1, 0.15) is 16.7 Å². The average molecular weight is 497 g/mol. The number of thiocarbonyl (C=S) groups is 1. The molecule has 33 heavy (non-hydrogen) atoms. The van der Waals surface area contributed by atoms with E-state index in [9.17, 15) is 9.59 Å². The van der Waals surface area contributed by atoms with Gasteiger partial charge in [-0.15, -0.1) is 0 Å². The first-order chi connectivity index (χ1) is 15.9. The van der Waals surface area contributed by atoms with Gasteiger partial charge in [0.05, 0.1) is 12.8 Å². The van der Waals surface area contributed by atoms with Gasteiger partial charge in [-0.3, -0.25) is 19.8 Å². The summed E-state index contributed by atoms with van der Waals surface area (Å²) in [6.45, 7) is 0. The molecule has 8 heteroatoms. The molecule has 0 aromatic heterocycles. The highest BCUT2D eigenvalue weighted by atomic mass is 35.5. The molecule has 1 saturated heterocycles. The SMILES string of the molecule is COc1cc(/C=C2/C(=O)NC(=S)N(c3ccccc3)C2=O)cc(Cl)c1Cc1ccccc1Cl. The predicted molar refractivity (Wildman–Crippen MR) is 135 cm³/mol. The summed E-state index contributed by atoms with van der Waals surface area (Å²) in [5.74, 6) is -0.578. The number of hydrogen-bond acceptors (Lipinski definition) is 4. The monoisotopic (exact) mass is 496 g/mol. The van der Waals surface area contributed by atoms with E-state index in [2.05, 4.69) is 5.32 Å². The average Bonchev–Trinajstić information content (AvgIpc) is 2.80. The quantitative estimate of drug-likeness (QED) is 0.291. The normalized spacial score (nSPS) is 15.1. The Morgan fingerprint density at radius 1 is 1.00 bits per heavy atom. The maximum absolute atomic E-state index is 13.2. The number of hydrogen-bond donors (Lipinski definition) is 1. The third kappa shape index (κ3) is 4.78.